The Balaban J connectivity index is 1.44. The largest absolute Gasteiger partial charge is 0.338 e. The molecule has 1 N–H and O–H groups in total. The van der Waals surface area contributed by atoms with Crippen LogP contribution in [0.4, 0.5) is 11.5 Å². The van der Waals surface area contributed by atoms with Gasteiger partial charge in [-0.15, -0.1) is 10.2 Å². The van der Waals surface area contributed by atoms with E-state index in [4.69, 9.17) is 0 Å². The van der Waals surface area contributed by atoms with E-state index in [0.717, 1.165) is 57.6 Å². The summed E-state index contributed by atoms with van der Waals surface area (Å²) in [5, 5.41) is 16.7. The van der Waals surface area contributed by atoms with Crippen LogP contribution in [0.2, 0.25) is 0 Å². The van der Waals surface area contributed by atoms with Crippen LogP contribution >= 0.6 is 0 Å². The van der Waals surface area contributed by atoms with Crippen LogP contribution in [-0.2, 0) is 10.0 Å². The quantitative estimate of drug-likeness (QED) is 0.287. The Bertz CT molecular complexity index is 1720. The van der Waals surface area contributed by atoms with Crippen molar-refractivity contribution in [2.45, 2.75) is 31.1 Å². The highest BCUT2D eigenvalue weighted by Gasteiger charge is 2.28. The van der Waals surface area contributed by atoms with Gasteiger partial charge in [-0.25, -0.2) is 8.42 Å². The number of aromatic nitrogens is 2. The Morgan fingerprint density at radius 3 is 2.27 bits per heavy atom. The van der Waals surface area contributed by atoms with Gasteiger partial charge in [-0.1, -0.05) is 79.2 Å². The molecule has 0 amide bonds. The summed E-state index contributed by atoms with van der Waals surface area (Å²) in [5.41, 5.74) is 3.09. The number of nitrogens with one attached hydrogen (secondary N) is 1. The van der Waals surface area contributed by atoms with Crippen LogP contribution in [0.3, 0.4) is 0 Å². The van der Waals surface area contributed by atoms with Crippen molar-refractivity contribution in [2.75, 3.05) is 18.4 Å². The van der Waals surface area contributed by atoms with E-state index in [1.165, 1.54) is 0 Å². The fraction of sp³-hybridized carbons (Fsp3) is 0.200. The zero-order valence-electron chi connectivity index (χ0n) is 20.7. The Hall–Kier alpha value is -3.81. The number of hydrogen-bond acceptors (Lipinski definition) is 5. The summed E-state index contributed by atoms with van der Waals surface area (Å²) in [4.78, 5) is 0.343. The molecule has 37 heavy (non-hydrogen) atoms. The summed E-state index contributed by atoms with van der Waals surface area (Å²) in [6.45, 7) is 2.99. The van der Waals surface area contributed by atoms with Gasteiger partial charge in [0.1, 0.15) is 5.69 Å². The third-order valence-corrected chi connectivity index (χ3v) is 9.17. The molecular weight excluding hydrogens is 480 g/mol. The van der Waals surface area contributed by atoms with Crippen LogP contribution < -0.4 is 5.32 Å². The lowest BCUT2D eigenvalue weighted by molar-refractivity contribution is 0.346. The molecule has 0 bridgehead atoms. The molecule has 1 aliphatic rings. The molecule has 5 aromatic rings. The van der Waals surface area contributed by atoms with Crippen LogP contribution in [0.1, 0.15) is 24.8 Å². The summed E-state index contributed by atoms with van der Waals surface area (Å²) in [5.74, 6) is 0.656. The van der Waals surface area contributed by atoms with Crippen molar-refractivity contribution in [3.63, 3.8) is 0 Å². The molecule has 4 aromatic carbocycles. The first-order chi connectivity index (χ1) is 18.0. The van der Waals surface area contributed by atoms with Gasteiger partial charge in [-0.05, 0) is 42.8 Å². The van der Waals surface area contributed by atoms with Crippen molar-refractivity contribution >= 4 is 43.1 Å². The van der Waals surface area contributed by atoms with E-state index in [-0.39, 0.29) is 0 Å². The average molecular weight is 509 g/mol. The van der Waals surface area contributed by atoms with Gasteiger partial charge in [-0.2, -0.15) is 4.31 Å². The van der Waals surface area contributed by atoms with Crippen molar-refractivity contribution in [3.05, 3.63) is 90.5 Å². The summed E-state index contributed by atoms with van der Waals surface area (Å²) >= 11 is 0. The Morgan fingerprint density at radius 1 is 0.757 bits per heavy atom. The van der Waals surface area contributed by atoms with Crippen molar-refractivity contribution in [2.24, 2.45) is 0 Å². The summed E-state index contributed by atoms with van der Waals surface area (Å²) in [6.07, 6.45) is 2.88. The van der Waals surface area contributed by atoms with E-state index in [1.54, 1.807) is 10.4 Å². The Kier molecular flexibility index (Phi) is 6.10. The van der Waals surface area contributed by atoms with Gasteiger partial charge in [0.15, 0.2) is 5.82 Å². The molecule has 0 saturated carbocycles. The van der Waals surface area contributed by atoms with Crippen LogP contribution in [0, 0.1) is 6.92 Å². The van der Waals surface area contributed by atoms with Gasteiger partial charge in [0.05, 0.1) is 4.90 Å². The maximum atomic E-state index is 13.5. The molecule has 0 radical (unpaired) electrons. The second-order valence-electron chi connectivity index (χ2n) is 9.54. The van der Waals surface area contributed by atoms with Gasteiger partial charge in [0.2, 0.25) is 10.0 Å². The third-order valence-electron chi connectivity index (χ3n) is 7.12. The topological polar surface area (TPSA) is 75.2 Å². The maximum Gasteiger partial charge on any atom is 0.243 e. The van der Waals surface area contributed by atoms with Crippen molar-refractivity contribution in [3.8, 4) is 11.3 Å². The number of hydrogen-bond donors (Lipinski definition) is 1. The lowest BCUT2D eigenvalue weighted by Gasteiger charge is -2.26. The van der Waals surface area contributed by atoms with Crippen LogP contribution in [0.15, 0.2) is 89.8 Å². The molecule has 1 fully saturated rings. The van der Waals surface area contributed by atoms with E-state index < -0.39 is 10.0 Å². The zero-order valence-corrected chi connectivity index (χ0v) is 21.5. The minimum atomic E-state index is -3.57. The molecular formula is C30H28N4O2S. The zero-order chi connectivity index (χ0) is 25.4. The predicted molar refractivity (Wildman–Crippen MR) is 150 cm³/mol. The molecule has 1 aliphatic heterocycles. The molecule has 1 aromatic heterocycles. The SMILES string of the molecule is Cc1ccc(-c2nnc(Nc3cccc4ccccc34)c3ccccc23)cc1S(=O)(=O)N1CCCCC1. The molecule has 186 valence electrons. The van der Waals surface area contributed by atoms with Crippen molar-refractivity contribution in [1.82, 2.24) is 14.5 Å². The molecule has 7 heteroatoms. The van der Waals surface area contributed by atoms with Gasteiger partial charge >= 0.3 is 0 Å². The van der Waals surface area contributed by atoms with Gasteiger partial charge in [0.25, 0.3) is 0 Å². The summed E-state index contributed by atoms with van der Waals surface area (Å²) in [7, 11) is -3.57. The van der Waals surface area contributed by atoms with Gasteiger partial charge < -0.3 is 5.32 Å². The highest BCUT2D eigenvalue weighted by atomic mass is 32.2. The van der Waals surface area contributed by atoms with E-state index in [2.05, 4.69) is 33.7 Å². The van der Waals surface area contributed by atoms with E-state index >= 15 is 0 Å². The standard InChI is InChI=1S/C30H28N4O2S/c1-21-16-17-23(20-28(21)37(35,36)34-18-7-2-8-19-34)29-25-13-5-6-14-26(25)30(33-32-29)31-27-15-9-11-22-10-3-4-12-24(22)27/h3-6,9-17,20H,2,7-8,18-19H2,1H3,(H,31,33). The number of fused-ring (bicyclic) bond motifs is 2. The number of sulfonamides is 1. The molecule has 2 heterocycles. The molecule has 0 aliphatic carbocycles. The van der Waals surface area contributed by atoms with E-state index in [1.807, 2.05) is 67.6 Å². The van der Waals surface area contributed by atoms with E-state index in [9.17, 15) is 8.42 Å². The monoisotopic (exact) mass is 508 g/mol. The molecule has 6 nitrogen and oxygen atoms in total. The lowest BCUT2D eigenvalue weighted by Crippen LogP contribution is -2.35. The maximum absolute atomic E-state index is 13.5. The highest BCUT2D eigenvalue weighted by molar-refractivity contribution is 7.89. The lowest BCUT2D eigenvalue weighted by atomic mass is 10.0. The number of anilines is 2. The van der Waals surface area contributed by atoms with Gasteiger partial charge in [0, 0.05) is 40.5 Å². The normalized spacial score (nSPS) is 14.7. The molecule has 0 atom stereocenters. The third kappa shape index (κ3) is 4.34. The summed E-state index contributed by atoms with van der Waals surface area (Å²) < 4.78 is 28.6. The van der Waals surface area contributed by atoms with Gasteiger partial charge in [-0.3, -0.25) is 0 Å². The smallest absolute Gasteiger partial charge is 0.243 e. The predicted octanol–water partition coefficient (Wildman–Crippen LogP) is 6.68. The van der Waals surface area contributed by atoms with Crippen LogP contribution in [0.5, 0.6) is 0 Å². The first kappa shape index (κ1) is 23.6. The van der Waals surface area contributed by atoms with Crippen LogP contribution in [0.25, 0.3) is 32.8 Å². The first-order valence-electron chi connectivity index (χ1n) is 12.6. The average Bonchev–Trinajstić information content (AvgIpc) is 2.94. The first-order valence-corrected chi connectivity index (χ1v) is 14.1. The van der Waals surface area contributed by atoms with Crippen molar-refractivity contribution < 1.29 is 8.42 Å². The second kappa shape index (κ2) is 9.57. The molecule has 6 rings (SSSR count). The minimum Gasteiger partial charge on any atom is -0.338 e. The minimum absolute atomic E-state index is 0.343. The van der Waals surface area contributed by atoms with E-state index in [0.29, 0.717) is 29.5 Å². The number of benzene rings is 4. The molecule has 1 saturated heterocycles. The molecule has 0 unspecified atom stereocenters. The highest BCUT2D eigenvalue weighted by Crippen LogP contribution is 2.35. The fourth-order valence-corrected chi connectivity index (χ4v) is 6.91. The van der Waals surface area contributed by atoms with Crippen molar-refractivity contribution in [1.29, 1.82) is 0 Å². The number of rotatable bonds is 5. The Labute approximate surface area is 217 Å². The second-order valence-corrected chi connectivity index (χ2v) is 11.4. The fourth-order valence-electron chi connectivity index (χ4n) is 5.14. The number of nitrogens with zero attached hydrogens (tertiary/aromatic N) is 3. The number of aryl methyl sites for hydroxylation is 1. The Morgan fingerprint density at radius 2 is 1.46 bits per heavy atom. The number of piperidine rings is 1. The molecule has 0 spiro atoms. The van der Waals surface area contributed by atoms with Crippen LogP contribution in [-0.4, -0.2) is 36.0 Å². The summed E-state index contributed by atoms with van der Waals surface area (Å²) in [6, 6.07) is 27.9.